The summed E-state index contributed by atoms with van der Waals surface area (Å²) in [6.07, 6.45) is 22.4. The van der Waals surface area contributed by atoms with Gasteiger partial charge in [0.2, 0.25) is 0 Å². The van der Waals surface area contributed by atoms with Crippen molar-refractivity contribution in [1.82, 2.24) is 0 Å². The number of hydrogen-bond donors (Lipinski definition) is 0. The lowest BCUT2D eigenvalue weighted by Gasteiger charge is -2.37. The Kier molecular flexibility index (Phi) is 14.8. The summed E-state index contributed by atoms with van der Waals surface area (Å²) in [5, 5.41) is 16.9. The maximum Gasteiger partial charge on any atom is 0.159 e. The second kappa shape index (κ2) is 26.2. The summed E-state index contributed by atoms with van der Waals surface area (Å²) in [6, 6.07) is 123. The average molecular weight is 1490 g/mol. The van der Waals surface area contributed by atoms with Crippen LogP contribution in [0.5, 0.6) is 5.75 Å². The molecule has 0 amide bonds. The lowest BCUT2D eigenvalue weighted by molar-refractivity contribution is 0.253. The molecule has 8 nitrogen and oxygen atoms in total. The first-order valence-electron chi connectivity index (χ1n) is 39.9. The molecule has 4 atom stereocenters. The van der Waals surface area contributed by atoms with Gasteiger partial charge in [-0.15, -0.1) is 0 Å². The van der Waals surface area contributed by atoms with E-state index in [1.165, 1.54) is 22.0 Å². The number of fused-ring (bicyclic) bond motifs is 22. The molecule has 3 aliphatic carbocycles. The van der Waals surface area contributed by atoms with Crippen LogP contribution in [0.25, 0.3) is 131 Å². The normalized spacial score (nSPS) is 16.1. The lowest BCUT2D eigenvalue weighted by atomic mass is 9.81. The lowest BCUT2D eigenvalue weighted by Crippen LogP contribution is -2.32. The molecule has 0 saturated heterocycles. The van der Waals surface area contributed by atoms with E-state index in [4.69, 9.17) is 18.0 Å². The van der Waals surface area contributed by atoms with Gasteiger partial charge in [0.15, 0.2) is 5.58 Å². The van der Waals surface area contributed by atoms with Crippen molar-refractivity contribution >= 4 is 177 Å². The van der Waals surface area contributed by atoms with E-state index in [9.17, 15) is 0 Å². The van der Waals surface area contributed by atoms with Crippen molar-refractivity contribution in [1.29, 1.82) is 0 Å². The molecule has 4 unspecified atom stereocenters. The van der Waals surface area contributed by atoms with Crippen LogP contribution in [0.15, 0.2) is 425 Å². The zero-order valence-corrected chi connectivity index (χ0v) is 62.8. The second-order valence-electron chi connectivity index (χ2n) is 30.8. The second-order valence-corrected chi connectivity index (χ2v) is 30.8. The first-order valence-corrected chi connectivity index (χ1v) is 39.9. The van der Waals surface area contributed by atoms with Gasteiger partial charge < -0.3 is 37.6 Å². The molecule has 24 rings (SSSR count). The van der Waals surface area contributed by atoms with E-state index in [0.29, 0.717) is 0 Å². The van der Waals surface area contributed by atoms with Crippen molar-refractivity contribution in [2.24, 2.45) is 11.8 Å². The zero-order valence-electron chi connectivity index (χ0n) is 62.8. The Morgan fingerprint density at radius 1 is 0.233 bits per heavy atom. The third-order valence-electron chi connectivity index (χ3n) is 24.5. The van der Waals surface area contributed by atoms with Gasteiger partial charge in [0.1, 0.15) is 39.8 Å². The number of rotatable bonds is 13. The molecule has 0 N–H and O–H groups in total. The van der Waals surface area contributed by atoms with Crippen molar-refractivity contribution in [3.8, 4) is 16.9 Å². The fourth-order valence-electron chi connectivity index (χ4n) is 19.2. The van der Waals surface area contributed by atoms with Crippen LogP contribution in [0.3, 0.4) is 0 Å². The molecule has 546 valence electrons. The molecule has 20 aromatic rings. The predicted octanol–water partition coefficient (Wildman–Crippen LogP) is 29.8. The first kappa shape index (κ1) is 65.6. The Morgan fingerprint density at radius 2 is 0.621 bits per heavy atom. The standard InChI is InChI=1S/C108H70N4O4/c1-3-31-71(32-4-1)109(93-49-23-29-69-27-7-9-35-75(69)93)97-63-89-90-64-98(78-38-12-16-44-84(78)104(90)115-103(89)83-43-15-11-37-77(83)97)110(94-50-24-30-70-28-8-10-36-76(70)94)73-59-55-67(56-60-73)68-57-61-74(62-58-68)112(96-52-26-48-88-82-42-20-22-54-102(82)114-108(88)96)100-66-92-91-65-99(79-39-13-17-45-85(79)105(91)116-106(92)86-46-18-14-40-80(86)100)111(72-33-5-2-6-34-72)95-51-25-47-87-81-41-19-21-53-101(81)113-107(87)95/h1-66,70,76,87,107H. The highest BCUT2D eigenvalue weighted by molar-refractivity contribution is 6.28. The summed E-state index contributed by atoms with van der Waals surface area (Å²) >= 11 is 0. The molecule has 1 aliphatic heterocycles. The van der Waals surface area contributed by atoms with Crippen molar-refractivity contribution in [3.05, 3.63) is 417 Å². The highest BCUT2D eigenvalue weighted by atomic mass is 16.5. The summed E-state index contributed by atoms with van der Waals surface area (Å²) < 4.78 is 28.8. The summed E-state index contributed by atoms with van der Waals surface area (Å²) in [5.41, 5.74) is 20.8. The van der Waals surface area contributed by atoms with Crippen LogP contribution in [0.4, 0.5) is 56.9 Å². The van der Waals surface area contributed by atoms with Crippen molar-refractivity contribution in [2.75, 3.05) is 19.6 Å². The maximum atomic E-state index is 7.39. The van der Waals surface area contributed by atoms with Gasteiger partial charge in [0, 0.05) is 133 Å². The quantitative estimate of drug-likeness (QED) is 0.113. The van der Waals surface area contributed by atoms with Crippen molar-refractivity contribution in [2.45, 2.75) is 12.0 Å². The number of hydrogen-bond acceptors (Lipinski definition) is 8. The Bertz CT molecular complexity index is 7660. The van der Waals surface area contributed by atoms with E-state index in [1.54, 1.807) is 0 Å². The number of nitrogens with zero attached hydrogens (tertiary/aromatic N) is 4. The maximum absolute atomic E-state index is 7.39. The van der Waals surface area contributed by atoms with Gasteiger partial charge in [-0.2, -0.15) is 0 Å². The van der Waals surface area contributed by atoms with Crippen LogP contribution in [0.2, 0.25) is 0 Å². The Labute approximate surface area is 668 Å². The molecule has 0 bridgehead atoms. The average Bonchev–Trinajstić information content (AvgIpc) is 1.55. The molecule has 8 heteroatoms. The van der Waals surface area contributed by atoms with Crippen LogP contribution < -0.4 is 24.3 Å². The highest BCUT2D eigenvalue weighted by Crippen LogP contribution is 2.55. The number of anilines is 10. The van der Waals surface area contributed by atoms with Crippen molar-refractivity contribution in [3.63, 3.8) is 0 Å². The van der Waals surface area contributed by atoms with Crippen molar-refractivity contribution < 1.29 is 18.0 Å². The van der Waals surface area contributed by atoms with Gasteiger partial charge in [-0.25, -0.2) is 0 Å². The molecular formula is C108H70N4O4. The molecule has 0 spiro atoms. The summed E-state index contributed by atoms with van der Waals surface area (Å²) in [6.45, 7) is 0. The Balaban J connectivity index is 0.662. The van der Waals surface area contributed by atoms with Crippen LogP contribution in [0.1, 0.15) is 11.5 Å². The van der Waals surface area contributed by atoms with Gasteiger partial charge in [-0.1, -0.05) is 291 Å². The fraction of sp³-hybridized carbons (Fsp3) is 0.0370. The first-order chi connectivity index (χ1) is 57.6. The largest absolute Gasteiger partial charge is 0.483 e. The number of ether oxygens (including phenoxy) is 1. The minimum Gasteiger partial charge on any atom is -0.483 e. The minimum atomic E-state index is -0.256. The van der Waals surface area contributed by atoms with E-state index in [0.717, 1.165) is 188 Å². The molecule has 0 saturated carbocycles. The summed E-state index contributed by atoms with van der Waals surface area (Å²) in [7, 11) is 0. The van der Waals surface area contributed by atoms with Crippen LogP contribution in [-0.2, 0) is 0 Å². The monoisotopic (exact) mass is 1490 g/mol. The smallest absolute Gasteiger partial charge is 0.159 e. The number of benzene rings is 17. The highest BCUT2D eigenvalue weighted by Gasteiger charge is 2.41. The minimum absolute atomic E-state index is 0.0470. The predicted molar refractivity (Wildman–Crippen MR) is 481 cm³/mol. The SMILES string of the molecule is C1=CC2C=CC=C(N(c3ccc(-c4ccc(N(c5cc6c7cc(N(C8=CC=CC9c%10ccccc%10OC89)c8ccccc8)c8ccccc8c7oc6c6ccccc56)c5cccc6c5oc5ccccc56)cc4)cc3)c3cc4c5cc(N(c6ccccc6)c6cccc7ccccc67)c6ccccc6c5oc4c4ccccc34)C2C=C1. The molecule has 0 radical (unpaired) electrons. The number of allylic oxidation sites excluding steroid dienone is 9. The molecule has 4 aliphatic rings. The van der Waals surface area contributed by atoms with Gasteiger partial charge in [0.25, 0.3) is 0 Å². The third kappa shape index (κ3) is 10.2. The van der Waals surface area contributed by atoms with Gasteiger partial charge in [-0.05, 0) is 126 Å². The van der Waals surface area contributed by atoms with E-state index in [2.05, 4.69) is 414 Å². The van der Waals surface area contributed by atoms with Crippen LogP contribution in [0, 0.1) is 11.8 Å². The molecule has 17 aromatic carbocycles. The molecule has 116 heavy (non-hydrogen) atoms. The van der Waals surface area contributed by atoms with Crippen LogP contribution in [-0.4, -0.2) is 6.10 Å². The Hall–Kier alpha value is -15.1. The van der Waals surface area contributed by atoms with Crippen LogP contribution >= 0.6 is 0 Å². The van der Waals surface area contributed by atoms with E-state index >= 15 is 0 Å². The molecule has 3 aromatic heterocycles. The molecule has 0 fully saturated rings. The topological polar surface area (TPSA) is 61.6 Å². The summed E-state index contributed by atoms with van der Waals surface area (Å²) in [4.78, 5) is 9.76. The van der Waals surface area contributed by atoms with E-state index in [-0.39, 0.29) is 23.9 Å². The fourth-order valence-corrected chi connectivity index (χ4v) is 19.2. The van der Waals surface area contributed by atoms with Gasteiger partial charge in [-0.3, -0.25) is 0 Å². The summed E-state index contributed by atoms with van der Waals surface area (Å²) in [5.74, 6) is 1.21. The van der Waals surface area contributed by atoms with E-state index < -0.39 is 0 Å². The molecule has 4 heterocycles. The third-order valence-corrected chi connectivity index (χ3v) is 24.5. The van der Waals surface area contributed by atoms with Gasteiger partial charge in [0.05, 0.1) is 39.8 Å². The van der Waals surface area contributed by atoms with Gasteiger partial charge >= 0.3 is 0 Å². The molecular weight excluding hydrogens is 1420 g/mol. The number of para-hydroxylation sites is 5. The Morgan fingerprint density at radius 3 is 1.22 bits per heavy atom. The zero-order chi connectivity index (χ0) is 76.1. The van der Waals surface area contributed by atoms with E-state index in [1.807, 2.05) is 6.07 Å². The number of furan rings is 3.